The van der Waals surface area contributed by atoms with Gasteiger partial charge in [-0.15, -0.1) is 0 Å². The Morgan fingerprint density at radius 3 is 0.953 bits per heavy atom. The van der Waals surface area contributed by atoms with E-state index in [1.165, 1.54) is 0 Å². The monoisotopic (exact) mass is 954 g/mol. The second-order valence-corrected chi connectivity index (χ2v) is 13.3. The number of ether oxygens (including phenoxy) is 3. The van der Waals surface area contributed by atoms with Gasteiger partial charge in [0.2, 0.25) is 0 Å². The number of rotatable bonds is 11. The zero-order chi connectivity index (χ0) is 49.1. The molecule has 0 amide bonds. The van der Waals surface area contributed by atoms with Crippen molar-refractivity contribution in [1.82, 2.24) is 0 Å². The van der Waals surface area contributed by atoms with Gasteiger partial charge in [0.15, 0.2) is 0 Å². The molecule has 4 aromatic rings. The maximum Gasteiger partial charge on any atom is 0.399 e. The molecule has 352 valence electrons. The zero-order valence-electron chi connectivity index (χ0n) is 31.8. The highest BCUT2D eigenvalue weighted by Crippen LogP contribution is 2.68. The second-order valence-electron chi connectivity index (χ2n) is 13.3. The Bertz CT molecular complexity index is 2160. The van der Waals surface area contributed by atoms with Crippen molar-refractivity contribution in [3.05, 3.63) is 144 Å². The molecule has 0 bridgehead atoms. The molecule has 0 spiro atoms. The van der Waals surface area contributed by atoms with Crippen LogP contribution in [0.3, 0.4) is 0 Å². The average Bonchev–Trinajstić information content (AvgIpc) is 3.11. The van der Waals surface area contributed by atoms with Crippen molar-refractivity contribution in [2.45, 2.75) is 73.9 Å². The van der Waals surface area contributed by atoms with Gasteiger partial charge in [0.05, 0.1) is 0 Å². The molecule has 1 aliphatic carbocycles. The normalized spacial score (nSPS) is 20.1. The molecule has 0 aliphatic heterocycles. The standard InChI is InChI=1S/C36H21F15O3.2C2H3F3/c1-19(37)52-25-12-6-22(7-13-25)30(32(43,44)45)24-10-16-27(17-11-24)54-36(51)34(48,49)33(46,47)35(36,50)53-26-14-8-23(9-15-26)29(31(40,41)42)21-4-2-20(3-5-21)18-28(38)39;2*1-2(3,4)5/h2-18,29-30H,1H2;2*1H3. The molecule has 4 aromatic carbocycles. The van der Waals surface area contributed by atoms with Crippen LogP contribution in [0.2, 0.25) is 0 Å². The van der Waals surface area contributed by atoms with E-state index in [9.17, 15) is 83.4 Å². The molecule has 1 aliphatic rings. The highest BCUT2D eigenvalue weighted by Gasteiger charge is 3.03. The van der Waals surface area contributed by atoms with E-state index in [0.29, 0.717) is 54.6 Å². The third-order valence-electron chi connectivity index (χ3n) is 8.20. The first-order valence-corrected chi connectivity index (χ1v) is 17.1. The van der Waals surface area contributed by atoms with E-state index in [1.807, 2.05) is 0 Å². The van der Waals surface area contributed by atoms with Crippen molar-refractivity contribution in [3.8, 4) is 17.2 Å². The minimum Gasteiger partial charge on any atom is -0.447 e. The zero-order valence-corrected chi connectivity index (χ0v) is 31.8. The van der Waals surface area contributed by atoms with Crippen LogP contribution in [-0.4, -0.2) is 48.3 Å². The minimum absolute atomic E-state index is 0.144. The van der Waals surface area contributed by atoms with Gasteiger partial charge in [-0.25, -0.2) is 0 Å². The summed E-state index contributed by atoms with van der Waals surface area (Å²) >= 11 is 0. The van der Waals surface area contributed by atoms with Crippen molar-refractivity contribution in [3.63, 3.8) is 0 Å². The van der Waals surface area contributed by atoms with Crippen LogP contribution in [0.15, 0.2) is 116 Å². The van der Waals surface area contributed by atoms with E-state index in [-0.39, 0.29) is 25.2 Å². The van der Waals surface area contributed by atoms with Crippen LogP contribution in [0.4, 0.5) is 92.2 Å². The lowest BCUT2D eigenvalue weighted by molar-refractivity contribution is -0.527. The largest absolute Gasteiger partial charge is 0.447 e. The Hall–Kier alpha value is -5.71. The average molecular weight is 955 g/mol. The predicted octanol–water partition coefficient (Wildman–Crippen LogP) is 15.3. The molecule has 64 heavy (non-hydrogen) atoms. The lowest BCUT2D eigenvalue weighted by atomic mass is 9.76. The Morgan fingerprint density at radius 2 is 0.719 bits per heavy atom. The van der Waals surface area contributed by atoms with Crippen molar-refractivity contribution < 1.29 is 106 Å². The summed E-state index contributed by atoms with van der Waals surface area (Å²) in [5.41, 5.74) is -2.31. The first kappa shape index (κ1) is 52.6. The van der Waals surface area contributed by atoms with Gasteiger partial charge in [0.25, 0.3) is 12.1 Å². The van der Waals surface area contributed by atoms with Crippen molar-refractivity contribution in [2.75, 3.05) is 0 Å². The summed E-state index contributed by atoms with van der Waals surface area (Å²) in [6.45, 7) is 3.22. The lowest BCUT2D eigenvalue weighted by Gasteiger charge is -2.55. The summed E-state index contributed by atoms with van der Waals surface area (Å²) in [7, 11) is 0. The van der Waals surface area contributed by atoms with Gasteiger partial charge >= 0.3 is 48.3 Å². The maximum atomic E-state index is 15.8. The Balaban J connectivity index is 0.000000979. The summed E-state index contributed by atoms with van der Waals surface area (Å²) in [5.74, 6) is -30.1. The van der Waals surface area contributed by atoms with E-state index < -0.39 is 106 Å². The topological polar surface area (TPSA) is 27.7 Å². The molecule has 0 N–H and O–H groups in total. The van der Waals surface area contributed by atoms with Gasteiger partial charge in [0, 0.05) is 19.9 Å². The van der Waals surface area contributed by atoms with E-state index in [0.717, 1.165) is 48.5 Å². The first-order chi connectivity index (χ1) is 28.9. The molecular weight excluding hydrogens is 927 g/mol. The number of benzene rings is 4. The van der Waals surface area contributed by atoms with Crippen molar-refractivity contribution in [2.24, 2.45) is 0 Å². The van der Waals surface area contributed by atoms with Gasteiger partial charge in [0.1, 0.15) is 29.1 Å². The Labute approximate surface area is 347 Å². The van der Waals surface area contributed by atoms with Gasteiger partial charge < -0.3 is 14.2 Å². The van der Waals surface area contributed by atoms with Crippen LogP contribution in [0.5, 0.6) is 17.2 Å². The molecule has 1 fully saturated rings. The van der Waals surface area contributed by atoms with Crippen molar-refractivity contribution >= 4 is 6.08 Å². The fraction of sp³-hybridized carbons (Fsp3) is 0.300. The van der Waals surface area contributed by atoms with Gasteiger partial charge in [-0.1, -0.05) is 60.7 Å². The summed E-state index contributed by atoms with van der Waals surface area (Å²) < 4.78 is 288. The van der Waals surface area contributed by atoms with E-state index in [1.54, 1.807) is 0 Å². The highest BCUT2D eigenvalue weighted by atomic mass is 19.4. The van der Waals surface area contributed by atoms with Gasteiger partial charge in [-0.3, -0.25) is 0 Å². The SMILES string of the molecule is C=C(F)Oc1ccc(C(c2ccc(OC3(F)C(F)(F)C(F)(F)C3(F)Oc3ccc(C(c4ccc(C=C(F)F)cc4)C(F)(F)F)cc3)cc2)C(F)(F)F)cc1.CC(F)(F)F.CC(F)(F)F. The van der Waals surface area contributed by atoms with E-state index in [2.05, 4.69) is 20.8 Å². The fourth-order valence-electron chi connectivity index (χ4n) is 5.69. The molecule has 3 nitrogen and oxygen atoms in total. The molecule has 24 heteroatoms. The maximum absolute atomic E-state index is 15.8. The first-order valence-electron chi connectivity index (χ1n) is 17.1. The van der Waals surface area contributed by atoms with Crippen LogP contribution < -0.4 is 14.2 Å². The number of alkyl halides is 18. The van der Waals surface area contributed by atoms with E-state index in [4.69, 9.17) is 0 Å². The summed E-state index contributed by atoms with van der Waals surface area (Å²) in [6, 6.07) is 10.3. The third kappa shape index (κ3) is 12.7. The molecule has 0 radical (unpaired) electrons. The lowest BCUT2D eigenvalue weighted by Crippen LogP contribution is -2.89. The molecule has 0 heterocycles. The summed E-state index contributed by atoms with van der Waals surface area (Å²) in [6.07, 6.45) is -19.8. The molecule has 0 saturated heterocycles. The third-order valence-corrected chi connectivity index (χ3v) is 8.20. The number of halogens is 21. The summed E-state index contributed by atoms with van der Waals surface area (Å²) in [4.78, 5) is 0. The fourth-order valence-corrected chi connectivity index (χ4v) is 5.69. The number of hydrogen-bond donors (Lipinski definition) is 0. The van der Waals surface area contributed by atoms with Gasteiger partial charge in [-0.2, -0.15) is 92.2 Å². The van der Waals surface area contributed by atoms with Gasteiger partial charge in [-0.05, 0) is 70.8 Å². The molecule has 4 unspecified atom stereocenters. The van der Waals surface area contributed by atoms with Crippen LogP contribution in [0.25, 0.3) is 6.08 Å². The second kappa shape index (κ2) is 18.8. The molecule has 5 rings (SSSR count). The quantitative estimate of drug-likeness (QED) is 0.111. The molecular formula is C40H27F21O3. The molecule has 4 atom stereocenters. The minimum atomic E-state index is -5.97. The molecule has 0 aromatic heterocycles. The predicted molar refractivity (Wildman–Crippen MR) is 185 cm³/mol. The number of hydrogen-bond acceptors (Lipinski definition) is 3. The molecule has 1 saturated carbocycles. The van der Waals surface area contributed by atoms with Crippen LogP contribution in [-0.2, 0) is 0 Å². The summed E-state index contributed by atoms with van der Waals surface area (Å²) in [5, 5.41) is 0. The Kier molecular flexibility index (Phi) is 15.5. The highest BCUT2D eigenvalue weighted by molar-refractivity contribution is 5.51. The smallest absolute Gasteiger partial charge is 0.399 e. The Morgan fingerprint density at radius 1 is 0.469 bits per heavy atom. The van der Waals surface area contributed by atoms with Crippen LogP contribution in [0.1, 0.15) is 53.5 Å². The van der Waals surface area contributed by atoms with Crippen LogP contribution >= 0.6 is 0 Å². The van der Waals surface area contributed by atoms with Crippen molar-refractivity contribution in [1.29, 1.82) is 0 Å². The van der Waals surface area contributed by atoms with E-state index >= 15 is 8.78 Å². The van der Waals surface area contributed by atoms with Crippen LogP contribution in [0, 0.1) is 0 Å².